The molecule has 2 aromatic carbocycles. The van der Waals surface area contributed by atoms with Crippen molar-refractivity contribution in [1.82, 2.24) is 10.2 Å². The Labute approximate surface area is 206 Å². The molecular formula is C24H32N4O6S. The summed E-state index contributed by atoms with van der Waals surface area (Å²) in [6.45, 7) is 6.76. The Balaban J connectivity index is 2.41. The van der Waals surface area contributed by atoms with Crippen molar-refractivity contribution in [2.45, 2.75) is 52.7 Å². The van der Waals surface area contributed by atoms with E-state index in [-0.39, 0.29) is 29.9 Å². The number of aryl methyl sites for hydroxylation is 1. The highest BCUT2D eigenvalue weighted by atomic mass is 32.2. The van der Waals surface area contributed by atoms with Crippen molar-refractivity contribution in [3.63, 3.8) is 0 Å². The molecule has 0 aliphatic carbocycles. The number of benzene rings is 2. The minimum atomic E-state index is -3.97. The molecule has 0 saturated carbocycles. The zero-order valence-corrected chi connectivity index (χ0v) is 21.4. The van der Waals surface area contributed by atoms with Crippen molar-refractivity contribution >= 4 is 33.2 Å². The van der Waals surface area contributed by atoms with Gasteiger partial charge in [-0.1, -0.05) is 42.8 Å². The Morgan fingerprint density at radius 1 is 1.11 bits per heavy atom. The van der Waals surface area contributed by atoms with E-state index in [1.807, 2.05) is 45.0 Å². The van der Waals surface area contributed by atoms with Crippen molar-refractivity contribution in [2.75, 3.05) is 17.1 Å². The fourth-order valence-corrected chi connectivity index (χ4v) is 4.16. The third-order valence-corrected chi connectivity index (χ3v) is 6.79. The topological polar surface area (TPSA) is 130 Å². The highest BCUT2D eigenvalue weighted by Crippen LogP contribution is 2.24. The number of nitro benzene ring substituents is 1. The number of nitrogens with zero attached hydrogens (tertiary/aromatic N) is 3. The van der Waals surface area contributed by atoms with Crippen molar-refractivity contribution in [3.05, 3.63) is 69.8 Å². The molecule has 11 heteroatoms. The summed E-state index contributed by atoms with van der Waals surface area (Å²) in [5.74, 6) is -0.977. The number of sulfonamides is 1. The van der Waals surface area contributed by atoms with E-state index in [2.05, 4.69) is 5.32 Å². The summed E-state index contributed by atoms with van der Waals surface area (Å²) < 4.78 is 25.9. The van der Waals surface area contributed by atoms with E-state index < -0.39 is 33.4 Å². The highest BCUT2D eigenvalue weighted by molar-refractivity contribution is 7.92. The van der Waals surface area contributed by atoms with Gasteiger partial charge in [-0.15, -0.1) is 0 Å². The summed E-state index contributed by atoms with van der Waals surface area (Å²) in [5.41, 5.74) is 1.49. The van der Waals surface area contributed by atoms with E-state index in [0.29, 0.717) is 6.42 Å². The van der Waals surface area contributed by atoms with Gasteiger partial charge < -0.3 is 10.2 Å². The molecule has 1 N–H and O–H groups in total. The predicted molar refractivity (Wildman–Crippen MR) is 134 cm³/mol. The van der Waals surface area contributed by atoms with E-state index in [9.17, 15) is 28.1 Å². The van der Waals surface area contributed by atoms with Crippen molar-refractivity contribution in [2.24, 2.45) is 0 Å². The lowest BCUT2D eigenvalue weighted by molar-refractivity contribution is -0.384. The third kappa shape index (κ3) is 7.78. The first-order valence-electron chi connectivity index (χ1n) is 11.2. The number of non-ortho nitro benzene ring substituents is 1. The molecule has 0 aliphatic heterocycles. The van der Waals surface area contributed by atoms with Crippen LogP contribution in [0, 0.1) is 17.0 Å². The Hall–Kier alpha value is -3.47. The van der Waals surface area contributed by atoms with Gasteiger partial charge >= 0.3 is 0 Å². The lowest BCUT2D eigenvalue weighted by atomic mass is 10.1. The van der Waals surface area contributed by atoms with Crippen LogP contribution in [-0.4, -0.2) is 54.9 Å². The molecule has 0 fully saturated rings. The van der Waals surface area contributed by atoms with Crippen molar-refractivity contribution in [1.29, 1.82) is 0 Å². The smallest absolute Gasteiger partial charge is 0.271 e. The number of hydrogen-bond acceptors (Lipinski definition) is 6. The molecule has 2 amide bonds. The van der Waals surface area contributed by atoms with Crippen LogP contribution in [0.4, 0.5) is 11.4 Å². The fraction of sp³-hybridized carbons (Fsp3) is 0.417. The first kappa shape index (κ1) is 27.8. The molecule has 35 heavy (non-hydrogen) atoms. The fourth-order valence-electron chi connectivity index (χ4n) is 3.31. The number of anilines is 1. The van der Waals surface area contributed by atoms with Crippen LogP contribution < -0.4 is 9.62 Å². The second-order valence-electron chi connectivity index (χ2n) is 8.55. The molecular weight excluding hydrogens is 472 g/mol. The zero-order chi connectivity index (χ0) is 26.3. The first-order chi connectivity index (χ1) is 16.3. The summed E-state index contributed by atoms with van der Waals surface area (Å²) in [7, 11) is -3.97. The maximum atomic E-state index is 13.5. The average Bonchev–Trinajstić information content (AvgIpc) is 2.80. The minimum Gasteiger partial charge on any atom is -0.352 e. The molecule has 0 bridgehead atoms. The van der Waals surface area contributed by atoms with Crippen molar-refractivity contribution < 1.29 is 22.9 Å². The number of amides is 2. The van der Waals surface area contributed by atoms with Gasteiger partial charge in [0.2, 0.25) is 21.8 Å². The molecule has 2 unspecified atom stereocenters. The van der Waals surface area contributed by atoms with Crippen LogP contribution in [0.25, 0.3) is 0 Å². The Bertz CT molecular complexity index is 1170. The highest BCUT2D eigenvalue weighted by Gasteiger charge is 2.30. The Kier molecular flexibility index (Phi) is 9.35. The van der Waals surface area contributed by atoms with E-state index in [4.69, 9.17) is 0 Å². The van der Waals surface area contributed by atoms with Crippen LogP contribution in [-0.2, 0) is 26.2 Å². The molecule has 0 aliphatic rings. The Morgan fingerprint density at radius 3 is 2.29 bits per heavy atom. The quantitative estimate of drug-likeness (QED) is 0.370. The number of hydrogen-bond donors (Lipinski definition) is 1. The van der Waals surface area contributed by atoms with Gasteiger partial charge in [-0.05, 0) is 38.8 Å². The molecule has 10 nitrogen and oxygen atoms in total. The summed E-state index contributed by atoms with van der Waals surface area (Å²) in [6.07, 6.45) is 1.63. The standard InChI is InChI=1S/C24H32N4O6S/c1-6-18(3)25-24(30)19(4)26(15-20-12-10-17(2)11-13-20)23(29)16-27(35(5,33)34)21-8-7-9-22(14-21)28(31)32/h7-14,18-19H,6,15-16H2,1-5H3,(H,25,30). The number of rotatable bonds is 11. The second kappa shape index (κ2) is 11.8. The van der Waals surface area contributed by atoms with Crippen molar-refractivity contribution in [3.8, 4) is 0 Å². The van der Waals surface area contributed by atoms with Gasteiger partial charge in [-0.2, -0.15) is 0 Å². The van der Waals surface area contributed by atoms with Crippen LogP contribution in [0.15, 0.2) is 48.5 Å². The third-order valence-electron chi connectivity index (χ3n) is 5.65. The van der Waals surface area contributed by atoms with Gasteiger partial charge in [0.1, 0.15) is 12.6 Å². The summed E-state index contributed by atoms with van der Waals surface area (Å²) in [6, 6.07) is 11.5. The zero-order valence-electron chi connectivity index (χ0n) is 20.6. The second-order valence-corrected chi connectivity index (χ2v) is 10.5. The molecule has 0 aromatic heterocycles. The summed E-state index contributed by atoms with van der Waals surface area (Å²) in [4.78, 5) is 38.2. The van der Waals surface area contributed by atoms with Gasteiger partial charge in [0, 0.05) is 24.7 Å². The summed E-state index contributed by atoms with van der Waals surface area (Å²) in [5, 5.41) is 14.0. The lowest BCUT2D eigenvalue weighted by Gasteiger charge is -2.32. The molecule has 0 spiro atoms. The first-order valence-corrected chi connectivity index (χ1v) is 13.1. The largest absolute Gasteiger partial charge is 0.352 e. The average molecular weight is 505 g/mol. The van der Waals surface area contributed by atoms with Gasteiger partial charge in [0.25, 0.3) is 5.69 Å². The van der Waals surface area contributed by atoms with E-state index in [0.717, 1.165) is 27.8 Å². The van der Waals surface area contributed by atoms with Crippen LogP contribution in [0.1, 0.15) is 38.3 Å². The maximum Gasteiger partial charge on any atom is 0.271 e. The normalized spacial score (nSPS) is 12.9. The molecule has 0 heterocycles. The Morgan fingerprint density at radius 2 is 1.74 bits per heavy atom. The van der Waals surface area contributed by atoms with E-state index in [1.54, 1.807) is 6.92 Å². The monoisotopic (exact) mass is 504 g/mol. The van der Waals surface area contributed by atoms with Gasteiger partial charge in [0.15, 0.2) is 0 Å². The predicted octanol–water partition coefficient (Wildman–Crippen LogP) is 3.00. The molecule has 0 radical (unpaired) electrons. The number of carbonyl (C=O) groups excluding carboxylic acids is 2. The molecule has 2 atom stereocenters. The van der Waals surface area contributed by atoms with Gasteiger partial charge in [0.05, 0.1) is 16.9 Å². The van der Waals surface area contributed by atoms with Gasteiger partial charge in [-0.3, -0.25) is 24.0 Å². The molecule has 0 saturated heterocycles. The summed E-state index contributed by atoms with van der Waals surface area (Å²) >= 11 is 0. The van der Waals surface area contributed by atoms with Crippen LogP contribution in [0.2, 0.25) is 0 Å². The molecule has 2 rings (SSSR count). The number of nitro groups is 1. The van der Waals surface area contributed by atoms with Crippen LogP contribution in [0.5, 0.6) is 0 Å². The van der Waals surface area contributed by atoms with E-state index >= 15 is 0 Å². The van der Waals surface area contributed by atoms with E-state index in [1.165, 1.54) is 23.1 Å². The van der Waals surface area contributed by atoms with Crippen LogP contribution >= 0.6 is 0 Å². The SMILES string of the molecule is CCC(C)NC(=O)C(C)N(Cc1ccc(C)cc1)C(=O)CN(c1cccc([N+](=O)[O-])c1)S(C)(=O)=O. The molecule has 2 aromatic rings. The van der Waals surface area contributed by atoms with Crippen LogP contribution in [0.3, 0.4) is 0 Å². The number of nitrogens with one attached hydrogen (secondary N) is 1. The molecule has 190 valence electrons. The lowest BCUT2D eigenvalue weighted by Crippen LogP contribution is -2.52. The maximum absolute atomic E-state index is 13.5. The minimum absolute atomic E-state index is 0.0120. The number of carbonyl (C=O) groups is 2. The van der Waals surface area contributed by atoms with Gasteiger partial charge in [-0.25, -0.2) is 8.42 Å².